The van der Waals surface area contributed by atoms with Gasteiger partial charge in [-0.25, -0.2) is 0 Å². The van der Waals surface area contributed by atoms with Crippen LogP contribution in [0.15, 0.2) is 0 Å². The van der Waals surface area contributed by atoms with Gasteiger partial charge in [-0.1, -0.05) is 36.7 Å². The summed E-state index contributed by atoms with van der Waals surface area (Å²) in [4.78, 5) is 0.687. The Morgan fingerprint density at radius 2 is 1.71 bits per heavy atom. The van der Waals surface area contributed by atoms with Gasteiger partial charge in [0.25, 0.3) is 0 Å². The minimum absolute atomic E-state index is 0.687. The molecular weight excluding hydrogens is 152 g/mol. The maximum absolute atomic E-state index is 3.47. The summed E-state index contributed by atoms with van der Waals surface area (Å²) < 4.78 is 0. The van der Waals surface area contributed by atoms with Crippen molar-refractivity contribution in [3.63, 3.8) is 0 Å². The first-order chi connectivity index (χ1) is 3.13. The van der Waals surface area contributed by atoms with Crippen LogP contribution < -0.4 is 0 Å². The first-order valence-electron chi connectivity index (χ1n) is 2.77. The van der Waals surface area contributed by atoms with Gasteiger partial charge in [0.2, 0.25) is 0 Å². The van der Waals surface area contributed by atoms with Crippen LogP contribution in [0.1, 0.15) is 27.2 Å². The topological polar surface area (TPSA) is 0 Å². The molecule has 0 aliphatic rings. The SMILES string of the molecule is CC(C)C[C@@H](C)Br. The fourth-order valence-corrected chi connectivity index (χ4v) is 1.40. The highest BCUT2D eigenvalue weighted by Crippen LogP contribution is 2.10. The average Bonchev–Trinajstić information content (AvgIpc) is 1.27. The summed E-state index contributed by atoms with van der Waals surface area (Å²) in [6.07, 6.45) is 1.28. The van der Waals surface area contributed by atoms with E-state index in [1.807, 2.05) is 0 Å². The molecule has 0 aliphatic carbocycles. The zero-order valence-corrected chi connectivity index (χ0v) is 6.83. The van der Waals surface area contributed by atoms with Gasteiger partial charge in [0, 0.05) is 4.83 Å². The van der Waals surface area contributed by atoms with Crippen molar-refractivity contribution in [3.8, 4) is 0 Å². The summed E-state index contributed by atoms with van der Waals surface area (Å²) in [5.41, 5.74) is 0. The molecule has 0 saturated carbocycles. The fraction of sp³-hybridized carbons (Fsp3) is 1.00. The fourth-order valence-electron chi connectivity index (χ4n) is 0.650. The lowest BCUT2D eigenvalue weighted by atomic mass is 10.1. The van der Waals surface area contributed by atoms with Crippen LogP contribution in [0.25, 0.3) is 0 Å². The Hall–Kier alpha value is 0.480. The van der Waals surface area contributed by atoms with Gasteiger partial charge in [0.05, 0.1) is 0 Å². The lowest BCUT2D eigenvalue weighted by Gasteiger charge is -2.03. The second-order valence-electron chi connectivity index (χ2n) is 2.41. The highest BCUT2D eigenvalue weighted by molar-refractivity contribution is 9.09. The largest absolute Gasteiger partial charge is 0.0894 e. The van der Waals surface area contributed by atoms with Crippen molar-refractivity contribution in [3.05, 3.63) is 0 Å². The molecule has 7 heavy (non-hydrogen) atoms. The third-order valence-electron chi connectivity index (χ3n) is 0.796. The molecule has 0 aliphatic heterocycles. The highest BCUT2D eigenvalue weighted by atomic mass is 79.9. The lowest BCUT2D eigenvalue weighted by Crippen LogP contribution is -1.95. The number of rotatable bonds is 2. The van der Waals surface area contributed by atoms with Crippen molar-refractivity contribution < 1.29 is 0 Å². The molecule has 0 aromatic carbocycles. The van der Waals surface area contributed by atoms with Crippen molar-refractivity contribution in [2.45, 2.75) is 32.0 Å². The molecule has 0 amide bonds. The maximum Gasteiger partial charge on any atom is 0.0120 e. The number of hydrogen-bond donors (Lipinski definition) is 0. The van der Waals surface area contributed by atoms with Crippen LogP contribution in [0.2, 0.25) is 0 Å². The van der Waals surface area contributed by atoms with E-state index in [0.29, 0.717) is 4.83 Å². The van der Waals surface area contributed by atoms with Gasteiger partial charge in [0.1, 0.15) is 0 Å². The van der Waals surface area contributed by atoms with Gasteiger partial charge < -0.3 is 0 Å². The quantitative estimate of drug-likeness (QED) is 0.552. The van der Waals surface area contributed by atoms with E-state index < -0.39 is 0 Å². The molecule has 0 bridgehead atoms. The van der Waals surface area contributed by atoms with Gasteiger partial charge in [-0.05, 0) is 12.3 Å². The van der Waals surface area contributed by atoms with Crippen LogP contribution in [-0.4, -0.2) is 4.83 Å². The maximum atomic E-state index is 3.47. The monoisotopic (exact) mass is 164 g/mol. The molecule has 0 aromatic rings. The van der Waals surface area contributed by atoms with E-state index >= 15 is 0 Å². The first-order valence-corrected chi connectivity index (χ1v) is 3.68. The zero-order chi connectivity index (χ0) is 5.86. The van der Waals surface area contributed by atoms with Crippen LogP contribution in [0.3, 0.4) is 0 Å². The molecule has 0 rings (SSSR count). The van der Waals surface area contributed by atoms with Crippen LogP contribution in [0.5, 0.6) is 0 Å². The first kappa shape index (κ1) is 7.48. The van der Waals surface area contributed by atoms with E-state index in [4.69, 9.17) is 0 Å². The smallest absolute Gasteiger partial charge is 0.0120 e. The van der Waals surface area contributed by atoms with Gasteiger partial charge in [-0.15, -0.1) is 0 Å². The molecule has 0 fully saturated rings. The van der Waals surface area contributed by atoms with Crippen molar-refractivity contribution >= 4 is 15.9 Å². The average molecular weight is 165 g/mol. The van der Waals surface area contributed by atoms with Crippen molar-refractivity contribution in [2.24, 2.45) is 5.92 Å². The normalized spacial score (nSPS) is 15.0. The number of hydrogen-bond acceptors (Lipinski definition) is 0. The van der Waals surface area contributed by atoms with Crippen molar-refractivity contribution in [2.75, 3.05) is 0 Å². The second-order valence-corrected chi connectivity index (χ2v) is 3.97. The summed E-state index contributed by atoms with van der Waals surface area (Å²) in [6, 6.07) is 0. The molecule has 0 aromatic heterocycles. The van der Waals surface area contributed by atoms with E-state index in [2.05, 4.69) is 36.7 Å². The van der Waals surface area contributed by atoms with E-state index in [0.717, 1.165) is 5.92 Å². The van der Waals surface area contributed by atoms with Gasteiger partial charge >= 0.3 is 0 Å². The molecule has 0 nitrogen and oxygen atoms in total. The third kappa shape index (κ3) is 6.48. The standard InChI is InChI=1S/C6H13Br/c1-5(2)4-6(3)7/h5-6H,4H2,1-3H3/t6-/m1/s1. The third-order valence-corrected chi connectivity index (χ3v) is 1.17. The van der Waals surface area contributed by atoms with Crippen LogP contribution in [0.4, 0.5) is 0 Å². The Labute approximate surface area is 54.4 Å². The Morgan fingerprint density at radius 1 is 1.29 bits per heavy atom. The Bertz CT molecular complexity index is 33.4. The summed E-state index contributed by atoms with van der Waals surface area (Å²) >= 11 is 3.47. The van der Waals surface area contributed by atoms with Crippen molar-refractivity contribution in [1.82, 2.24) is 0 Å². The molecule has 0 N–H and O–H groups in total. The van der Waals surface area contributed by atoms with Crippen LogP contribution >= 0.6 is 15.9 Å². The van der Waals surface area contributed by atoms with E-state index in [1.165, 1.54) is 6.42 Å². The molecule has 0 radical (unpaired) electrons. The second kappa shape index (κ2) is 3.48. The molecule has 0 heterocycles. The Balaban J connectivity index is 2.95. The summed E-state index contributed by atoms with van der Waals surface area (Å²) in [5, 5.41) is 0. The van der Waals surface area contributed by atoms with Crippen LogP contribution in [0, 0.1) is 5.92 Å². The predicted molar refractivity (Wildman–Crippen MR) is 37.8 cm³/mol. The number of alkyl halides is 1. The lowest BCUT2D eigenvalue weighted by molar-refractivity contribution is 0.589. The minimum Gasteiger partial charge on any atom is -0.0894 e. The molecule has 0 unspecified atom stereocenters. The summed E-state index contributed by atoms with van der Waals surface area (Å²) in [5.74, 6) is 0.828. The van der Waals surface area contributed by atoms with Gasteiger partial charge in [-0.3, -0.25) is 0 Å². The van der Waals surface area contributed by atoms with E-state index in [1.54, 1.807) is 0 Å². The number of halogens is 1. The molecule has 0 saturated heterocycles. The molecule has 0 spiro atoms. The predicted octanol–water partition coefficient (Wildman–Crippen LogP) is 2.82. The van der Waals surface area contributed by atoms with Gasteiger partial charge in [-0.2, -0.15) is 0 Å². The molecule has 1 heteroatoms. The molecular formula is C6H13Br. The Kier molecular flexibility index (Phi) is 3.72. The summed E-state index contributed by atoms with van der Waals surface area (Å²) in [7, 11) is 0. The molecule has 1 atom stereocenters. The van der Waals surface area contributed by atoms with Crippen molar-refractivity contribution in [1.29, 1.82) is 0 Å². The van der Waals surface area contributed by atoms with E-state index in [-0.39, 0.29) is 0 Å². The highest BCUT2D eigenvalue weighted by Gasteiger charge is 1.97. The zero-order valence-electron chi connectivity index (χ0n) is 5.24. The molecule has 44 valence electrons. The summed E-state index contributed by atoms with van der Waals surface area (Å²) in [6.45, 7) is 6.65. The Morgan fingerprint density at radius 3 is 1.71 bits per heavy atom. The minimum atomic E-state index is 0.687. The van der Waals surface area contributed by atoms with Gasteiger partial charge in [0.15, 0.2) is 0 Å². The van der Waals surface area contributed by atoms with Crippen LogP contribution in [-0.2, 0) is 0 Å². The van der Waals surface area contributed by atoms with E-state index in [9.17, 15) is 0 Å².